The molecule has 2 aliphatic heterocycles. The molecular formula is C20H24F3N5O2. The molecule has 7 nitrogen and oxygen atoms in total. The molecule has 2 aromatic rings. The van der Waals surface area contributed by atoms with E-state index < -0.39 is 6.36 Å². The second kappa shape index (κ2) is 9.05. The predicted octanol–water partition coefficient (Wildman–Crippen LogP) is 2.90. The first-order valence-corrected chi connectivity index (χ1v) is 9.94. The van der Waals surface area contributed by atoms with Crippen molar-refractivity contribution in [2.24, 2.45) is 0 Å². The number of hydrogen-bond donors (Lipinski definition) is 1. The summed E-state index contributed by atoms with van der Waals surface area (Å²) in [5.74, 6) is 1.30. The van der Waals surface area contributed by atoms with Gasteiger partial charge in [0, 0.05) is 45.0 Å². The molecule has 1 aromatic heterocycles. The fourth-order valence-corrected chi connectivity index (χ4v) is 3.70. The van der Waals surface area contributed by atoms with Gasteiger partial charge in [0.2, 0.25) is 5.95 Å². The summed E-state index contributed by atoms with van der Waals surface area (Å²) in [7, 11) is 0. The fourth-order valence-electron chi connectivity index (χ4n) is 3.70. The Morgan fingerprint density at radius 2 is 1.87 bits per heavy atom. The van der Waals surface area contributed by atoms with Crippen LogP contribution in [-0.2, 0) is 11.3 Å². The molecular weight excluding hydrogens is 399 g/mol. The summed E-state index contributed by atoms with van der Waals surface area (Å²) >= 11 is 0. The number of morpholine rings is 1. The quantitative estimate of drug-likeness (QED) is 0.767. The highest BCUT2D eigenvalue weighted by Crippen LogP contribution is 2.24. The van der Waals surface area contributed by atoms with Gasteiger partial charge in [-0.05, 0) is 30.2 Å². The Morgan fingerprint density at radius 3 is 2.60 bits per heavy atom. The minimum absolute atomic E-state index is 0.202. The summed E-state index contributed by atoms with van der Waals surface area (Å²) < 4.78 is 46.1. The van der Waals surface area contributed by atoms with Crippen molar-refractivity contribution < 1.29 is 22.6 Å². The zero-order valence-electron chi connectivity index (χ0n) is 16.4. The van der Waals surface area contributed by atoms with Gasteiger partial charge in [-0.3, -0.25) is 4.90 Å². The van der Waals surface area contributed by atoms with Crippen LogP contribution in [0, 0.1) is 0 Å². The van der Waals surface area contributed by atoms with Crippen LogP contribution in [0.1, 0.15) is 12.0 Å². The number of anilines is 2. The second-order valence-electron chi connectivity index (χ2n) is 7.40. The Kier molecular flexibility index (Phi) is 6.24. The molecule has 0 saturated carbocycles. The molecule has 0 bridgehead atoms. The summed E-state index contributed by atoms with van der Waals surface area (Å²) in [6.45, 7) is 5.34. The molecule has 3 heterocycles. The molecule has 0 aliphatic carbocycles. The smallest absolute Gasteiger partial charge is 0.406 e. The van der Waals surface area contributed by atoms with Crippen LogP contribution in [0.2, 0.25) is 0 Å². The van der Waals surface area contributed by atoms with Crippen LogP contribution >= 0.6 is 0 Å². The maximum atomic E-state index is 12.3. The molecule has 1 atom stereocenters. The second-order valence-corrected chi connectivity index (χ2v) is 7.40. The van der Waals surface area contributed by atoms with Gasteiger partial charge in [-0.25, -0.2) is 4.98 Å². The lowest BCUT2D eigenvalue weighted by molar-refractivity contribution is -0.274. The largest absolute Gasteiger partial charge is 0.573 e. The molecule has 0 spiro atoms. The number of alkyl halides is 3. The minimum atomic E-state index is -4.67. The first kappa shape index (κ1) is 20.7. The maximum absolute atomic E-state index is 12.3. The topological polar surface area (TPSA) is 62.8 Å². The van der Waals surface area contributed by atoms with Crippen LogP contribution in [0.15, 0.2) is 36.5 Å². The van der Waals surface area contributed by atoms with Crippen molar-refractivity contribution in [1.82, 2.24) is 14.9 Å². The number of benzene rings is 1. The van der Waals surface area contributed by atoms with Crippen LogP contribution in [0.4, 0.5) is 24.9 Å². The third kappa shape index (κ3) is 5.73. The van der Waals surface area contributed by atoms with Crippen molar-refractivity contribution in [2.75, 3.05) is 49.6 Å². The van der Waals surface area contributed by atoms with E-state index in [1.54, 1.807) is 18.3 Å². The van der Waals surface area contributed by atoms with Crippen LogP contribution < -0.4 is 15.0 Å². The van der Waals surface area contributed by atoms with E-state index in [4.69, 9.17) is 4.74 Å². The summed E-state index contributed by atoms with van der Waals surface area (Å²) in [4.78, 5) is 13.4. The van der Waals surface area contributed by atoms with Crippen LogP contribution in [0.25, 0.3) is 0 Å². The normalized spacial score (nSPS) is 20.4. The van der Waals surface area contributed by atoms with Crippen molar-refractivity contribution in [2.45, 2.75) is 25.4 Å². The maximum Gasteiger partial charge on any atom is 0.573 e. The Bertz CT molecular complexity index is 828. The average molecular weight is 423 g/mol. The van der Waals surface area contributed by atoms with Gasteiger partial charge in [0.25, 0.3) is 0 Å². The number of nitrogens with one attached hydrogen (secondary N) is 1. The van der Waals surface area contributed by atoms with Gasteiger partial charge in [-0.15, -0.1) is 13.2 Å². The zero-order valence-corrected chi connectivity index (χ0v) is 16.4. The lowest BCUT2D eigenvalue weighted by Gasteiger charge is -2.27. The molecule has 1 unspecified atom stereocenters. The van der Waals surface area contributed by atoms with Gasteiger partial charge in [-0.2, -0.15) is 4.98 Å². The van der Waals surface area contributed by atoms with Gasteiger partial charge >= 0.3 is 6.36 Å². The monoisotopic (exact) mass is 423 g/mol. The fraction of sp³-hybridized carbons (Fsp3) is 0.500. The molecule has 2 fully saturated rings. The highest BCUT2D eigenvalue weighted by molar-refractivity contribution is 5.42. The van der Waals surface area contributed by atoms with E-state index in [1.807, 2.05) is 6.07 Å². The minimum Gasteiger partial charge on any atom is -0.406 e. The molecule has 30 heavy (non-hydrogen) atoms. The van der Waals surface area contributed by atoms with Gasteiger partial charge in [0.15, 0.2) is 0 Å². The summed E-state index contributed by atoms with van der Waals surface area (Å²) in [5.41, 5.74) is 0.946. The Hall–Kier alpha value is -2.59. The molecule has 1 N–H and O–H groups in total. The molecule has 1 aromatic carbocycles. The van der Waals surface area contributed by atoms with Crippen molar-refractivity contribution in [1.29, 1.82) is 0 Å². The highest BCUT2D eigenvalue weighted by atomic mass is 19.4. The van der Waals surface area contributed by atoms with Gasteiger partial charge in [0.05, 0.1) is 13.2 Å². The number of likely N-dealkylation sites (tertiary alicyclic amines) is 1. The Labute approximate surface area is 172 Å². The third-order valence-electron chi connectivity index (χ3n) is 5.12. The van der Waals surface area contributed by atoms with Crippen LogP contribution in [0.5, 0.6) is 5.75 Å². The number of halogens is 3. The van der Waals surface area contributed by atoms with Crippen molar-refractivity contribution >= 4 is 11.8 Å². The van der Waals surface area contributed by atoms with Gasteiger partial charge in [0.1, 0.15) is 11.6 Å². The van der Waals surface area contributed by atoms with E-state index in [0.717, 1.165) is 44.0 Å². The number of hydrogen-bond acceptors (Lipinski definition) is 7. The van der Waals surface area contributed by atoms with Crippen molar-refractivity contribution in [3.8, 4) is 5.75 Å². The molecule has 2 saturated heterocycles. The first-order valence-electron chi connectivity index (χ1n) is 9.94. The van der Waals surface area contributed by atoms with E-state index in [0.29, 0.717) is 25.7 Å². The zero-order chi connectivity index (χ0) is 21.0. The Balaban J connectivity index is 1.28. The van der Waals surface area contributed by atoms with E-state index in [2.05, 4.69) is 29.8 Å². The van der Waals surface area contributed by atoms with E-state index in [-0.39, 0.29) is 11.8 Å². The predicted molar refractivity (Wildman–Crippen MR) is 105 cm³/mol. The number of nitrogens with zero attached hydrogens (tertiary/aromatic N) is 4. The standard InChI is InChI=1S/C20H24F3N5O2/c21-20(22,23)30-17-3-1-15(2-4-17)13-27-8-6-16(14-27)25-18-5-7-24-19(26-18)28-9-11-29-12-10-28/h1-5,7,16H,6,8-14H2,(H,24,25,26). The summed E-state index contributed by atoms with van der Waals surface area (Å²) in [5, 5.41) is 3.48. The molecule has 10 heteroatoms. The van der Waals surface area contributed by atoms with Gasteiger partial charge in [-0.1, -0.05) is 12.1 Å². The molecule has 162 valence electrons. The third-order valence-corrected chi connectivity index (χ3v) is 5.12. The van der Waals surface area contributed by atoms with Crippen LogP contribution in [-0.4, -0.2) is 66.7 Å². The number of aromatic nitrogens is 2. The molecule has 0 radical (unpaired) electrons. The summed E-state index contributed by atoms with van der Waals surface area (Å²) in [6, 6.07) is 8.16. The summed E-state index contributed by atoms with van der Waals surface area (Å²) in [6.07, 6.45) is -1.94. The highest BCUT2D eigenvalue weighted by Gasteiger charge is 2.31. The number of rotatable bonds is 6. The van der Waals surface area contributed by atoms with Gasteiger partial charge < -0.3 is 19.7 Å². The van der Waals surface area contributed by atoms with Crippen LogP contribution in [0.3, 0.4) is 0 Å². The van der Waals surface area contributed by atoms with Crippen molar-refractivity contribution in [3.63, 3.8) is 0 Å². The molecule has 4 rings (SSSR count). The van der Waals surface area contributed by atoms with E-state index >= 15 is 0 Å². The number of ether oxygens (including phenoxy) is 2. The lowest BCUT2D eigenvalue weighted by atomic mass is 10.2. The van der Waals surface area contributed by atoms with E-state index in [1.165, 1.54) is 12.1 Å². The molecule has 0 amide bonds. The SMILES string of the molecule is FC(F)(F)Oc1ccc(CN2CCC(Nc3ccnc(N4CCOCC4)n3)C2)cc1. The Morgan fingerprint density at radius 1 is 1.10 bits per heavy atom. The molecule has 2 aliphatic rings. The van der Waals surface area contributed by atoms with Crippen molar-refractivity contribution in [3.05, 3.63) is 42.1 Å². The lowest BCUT2D eigenvalue weighted by Crippen LogP contribution is -2.37. The average Bonchev–Trinajstić information content (AvgIpc) is 3.16. The van der Waals surface area contributed by atoms with E-state index in [9.17, 15) is 13.2 Å². The first-order chi connectivity index (χ1) is 14.4.